The summed E-state index contributed by atoms with van der Waals surface area (Å²) in [6.07, 6.45) is -1.35. The van der Waals surface area contributed by atoms with E-state index in [0.717, 1.165) is 35.6 Å². The molecule has 0 saturated heterocycles. The zero-order valence-electron chi connectivity index (χ0n) is 17.1. The summed E-state index contributed by atoms with van der Waals surface area (Å²) in [7, 11) is 0. The Bertz CT molecular complexity index is 802. The minimum Gasteiger partial charge on any atom is -0.406 e. The lowest BCUT2D eigenvalue weighted by atomic mass is 10.0. The standard InChI is InChI=1S/C21H28F3N3O/c1-6-14(7-2)25-20-18(9-4)26-19(17(8-3)27-20)16-11-10-15(12-13(16)5)28-21(22,23)24/h10-12,14H,6-9H2,1-5H3,(H,25,27). The van der Waals surface area contributed by atoms with E-state index in [1.54, 1.807) is 13.0 Å². The minimum absolute atomic E-state index is 0.234. The van der Waals surface area contributed by atoms with Crippen LogP contribution in [-0.2, 0) is 12.8 Å². The molecule has 2 aromatic rings. The second-order valence-corrected chi connectivity index (χ2v) is 6.70. The van der Waals surface area contributed by atoms with Gasteiger partial charge in [-0.05, 0) is 56.4 Å². The van der Waals surface area contributed by atoms with Crippen LogP contribution in [0, 0.1) is 6.92 Å². The predicted molar refractivity (Wildman–Crippen MR) is 106 cm³/mol. The Morgan fingerprint density at radius 2 is 1.64 bits per heavy atom. The van der Waals surface area contributed by atoms with Gasteiger partial charge in [-0.25, -0.2) is 9.97 Å². The average Bonchev–Trinajstić information content (AvgIpc) is 2.64. The Balaban J connectivity index is 2.47. The molecule has 0 aliphatic carbocycles. The van der Waals surface area contributed by atoms with Crippen molar-refractivity contribution >= 4 is 5.82 Å². The lowest BCUT2D eigenvalue weighted by Gasteiger charge is -2.20. The van der Waals surface area contributed by atoms with Gasteiger partial charge in [0.25, 0.3) is 0 Å². The van der Waals surface area contributed by atoms with E-state index >= 15 is 0 Å². The molecule has 7 heteroatoms. The normalized spacial score (nSPS) is 11.8. The average molecular weight is 395 g/mol. The van der Waals surface area contributed by atoms with Gasteiger partial charge in [-0.3, -0.25) is 0 Å². The van der Waals surface area contributed by atoms with Crippen molar-refractivity contribution in [1.82, 2.24) is 9.97 Å². The van der Waals surface area contributed by atoms with Gasteiger partial charge in [0, 0.05) is 11.6 Å². The molecule has 0 spiro atoms. The molecule has 0 saturated carbocycles. The number of hydrogen-bond acceptors (Lipinski definition) is 4. The molecule has 1 aromatic heterocycles. The van der Waals surface area contributed by atoms with E-state index < -0.39 is 6.36 Å². The molecule has 0 aliphatic heterocycles. The fourth-order valence-corrected chi connectivity index (χ4v) is 3.11. The number of halogens is 3. The van der Waals surface area contributed by atoms with E-state index in [0.29, 0.717) is 30.1 Å². The fraction of sp³-hybridized carbons (Fsp3) is 0.524. The van der Waals surface area contributed by atoms with E-state index in [4.69, 9.17) is 9.97 Å². The molecule has 154 valence electrons. The third-order valence-corrected chi connectivity index (χ3v) is 4.72. The molecule has 4 nitrogen and oxygen atoms in total. The Morgan fingerprint density at radius 3 is 2.14 bits per heavy atom. The first-order valence-corrected chi connectivity index (χ1v) is 9.75. The molecule has 0 atom stereocenters. The topological polar surface area (TPSA) is 47.0 Å². The summed E-state index contributed by atoms with van der Waals surface area (Å²) in [6.45, 7) is 10.0. The second-order valence-electron chi connectivity index (χ2n) is 6.70. The largest absolute Gasteiger partial charge is 0.573 e. The van der Waals surface area contributed by atoms with E-state index in [-0.39, 0.29) is 5.75 Å². The molecule has 0 aliphatic rings. The molecular formula is C21H28F3N3O. The molecule has 0 unspecified atom stereocenters. The summed E-state index contributed by atoms with van der Waals surface area (Å²) < 4.78 is 41.4. The lowest BCUT2D eigenvalue weighted by Crippen LogP contribution is -2.20. The van der Waals surface area contributed by atoms with Gasteiger partial charge < -0.3 is 10.1 Å². The van der Waals surface area contributed by atoms with Crippen molar-refractivity contribution in [1.29, 1.82) is 0 Å². The van der Waals surface area contributed by atoms with Gasteiger partial charge >= 0.3 is 6.36 Å². The van der Waals surface area contributed by atoms with Gasteiger partial charge in [-0.2, -0.15) is 0 Å². The second kappa shape index (κ2) is 9.26. The highest BCUT2D eigenvalue weighted by Crippen LogP contribution is 2.32. The molecule has 0 bridgehead atoms. The predicted octanol–water partition coefficient (Wildman–Crippen LogP) is 6.08. The summed E-state index contributed by atoms with van der Waals surface area (Å²) in [5.74, 6) is 0.564. The minimum atomic E-state index is -4.71. The number of rotatable bonds is 8. The quantitative estimate of drug-likeness (QED) is 0.589. The summed E-state index contributed by atoms with van der Waals surface area (Å²) in [5, 5.41) is 3.48. The van der Waals surface area contributed by atoms with E-state index in [9.17, 15) is 13.2 Å². The van der Waals surface area contributed by atoms with Crippen molar-refractivity contribution < 1.29 is 17.9 Å². The SMILES string of the molecule is CCc1nc(-c2ccc(OC(F)(F)F)cc2C)c(CC)nc1NC(CC)CC. The summed E-state index contributed by atoms with van der Waals surface area (Å²) in [5.41, 5.74) is 3.81. The van der Waals surface area contributed by atoms with E-state index in [1.165, 1.54) is 12.1 Å². The molecule has 2 rings (SSSR count). The van der Waals surface area contributed by atoms with Gasteiger partial charge in [-0.15, -0.1) is 13.2 Å². The van der Waals surface area contributed by atoms with Crippen LogP contribution in [0.15, 0.2) is 18.2 Å². The molecule has 1 heterocycles. The Kier molecular flexibility index (Phi) is 7.27. The Hall–Kier alpha value is -2.31. The van der Waals surface area contributed by atoms with Crippen LogP contribution in [0.3, 0.4) is 0 Å². The van der Waals surface area contributed by atoms with Crippen molar-refractivity contribution in [2.75, 3.05) is 5.32 Å². The van der Waals surface area contributed by atoms with Crippen LogP contribution in [-0.4, -0.2) is 22.4 Å². The number of benzene rings is 1. The van der Waals surface area contributed by atoms with Crippen molar-refractivity contribution in [3.8, 4) is 17.0 Å². The van der Waals surface area contributed by atoms with E-state index in [2.05, 4.69) is 23.9 Å². The third-order valence-electron chi connectivity index (χ3n) is 4.72. The maximum atomic E-state index is 12.5. The molecular weight excluding hydrogens is 367 g/mol. The van der Waals surface area contributed by atoms with Gasteiger partial charge in [0.1, 0.15) is 11.6 Å². The number of alkyl halides is 3. The molecule has 28 heavy (non-hydrogen) atoms. The van der Waals surface area contributed by atoms with Crippen molar-refractivity contribution in [2.45, 2.75) is 72.7 Å². The number of ether oxygens (including phenoxy) is 1. The van der Waals surface area contributed by atoms with Crippen LogP contribution < -0.4 is 10.1 Å². The number of nitrogens with zero attached hydrogens (tertiary/aromatic N) is 2. The Labute approximate surface area is 164 Å². The highest BCUT2D eigenvalue weighted by molar-refractivity contribution is 5.68. The highest BCUT2D eigenvalue weighted by atomic mass is 19.4. The summed E-state index contributed by atoms with van der Waals surface area (Å²) >= 11 is 0. The fourth-order valence-electron chi connectivity index (χ4n) is 3.11. The zero-order chi connectivity index (χ0) is 20.9. The number of hydrogen-bond donors (Lipinski definition) is 1. The molecule has 0 amide bonds. The maximum Gasteiger partial charge on any atom is 0.573 e. The smallest absolute Gasteiger partial charge is 0.406 e. The molecule has 0 radical (unpaired) electrons. The lowest BCUT2D eigenvalue weighted by molar-refractivity contribution is -0.274. The first kappa shape index (κ1) is 22.0. The van der Waals surface area contributed by atoms with Crippen molar-refractivity contribution in [3.63, 3.8) is 0 Å². The number of aryl methyl sites for hydroxylation is 3. The van der Waals surface area contributed by atoms with Gasteiger partial charge in [0.05, 0.1) is 17.1 Å². The van der Waals surface area contributed by atoms with Crippen LogP contribution in [0.1, 0.15) is 57.5 Å². The zero-order valence-corrected chi connectivity index (χ0v) is 17.1. The van der Waals surface area contributed by atoms with Crippen LogP contribution in [0.25, 0.3) is 11.3 Å². The van der Waals surface area contributed by atoms with Gasteiger partial charge in [-0.1, -0.05) is 27.7 Å². The summed E-state index contributed by atoms with van der Waals surface area (Å²) in [6, 6.07) is 4.65. The highest BCUT2D eigenvalue weighted by Gasteiger charge is 2.31. The molecule has 0 fully saturated rings. The Morgan fingerprint density at radius 1 is 1.00 bits per heavy atom. The first-order valence-electron chi connectivity index (χ1n) is 9.75. The molecule has 1 N–H and O–H groups in total. The maximum absolute atomic E-state index is 12.5. The number of nitrogens with one attached hydrogen (secondary N) is 1. The molecule has 1 aromatic carbocycles. The monoisotopic (exact) mass is 395 g/mol. The van der Waals surface area contributed by atoms with Gasteiger partial charge in [0.2, 0.25) is 0 Å². The van der Waals surface area contributed by atoms with Crippen molar-refractivity contribution in [2.24, 2.45) is 0 Å². The van der Waals surface area contributed by atoms with Crippen LogP contribution in [0.4, 0.5) is 19.0 Å². The van der Waals surface area contributed by atoms with Crippen LogP contribution in [0.2, 0.25) is 0 Å². The van der Waals surface area contributed by atoms with Gasteiger partial charge in [0.15, 0.2) is 0 Å². The van der Waals surface area contributed by atoms with E-state index in [1.807, 2.05) is 13.8 Å². The first-order chi connectivity index (χ1) is 13.2. The van der Waals surface area contributed by atoms with Crippen LogP contribution in [0.5, 0.6) is 5.75 Å². The van der Waals surface area contributed by atoms with Crippen LogP contribution >= 0.6 is 0 Å². The summed E-state index contributed by atoms with van der Waals surface area (Å²) in [4.78, 5) is 9.64. The van der Waals surface area contributed by atoms with Crippen molar-refractivity contribution in [3.05, 3.63) is 35.2 Å². The third kappa shape index (κ3) is 5.36. The number of aromatic nitrogens is 2. The number of anilines is 1.